The molecule has 0 bridgehead atoms. The molecule has 1 aromatic heterocycles. The second kappa shape index (κ2) is 9.50. The normalized spacial score (nSPS) is 11.7. The Hall–Kier alpha value is -3.59. The molecule has 0 aliphatic carbocycles. The van der Waals surface area contributed by atoms with E-state index in [1.54, 1.807) is 20.2 Å². The molecule has 0 fully saturated rings. The lowest BCUT2D eigenvalue weighted by atomic mass is 9.98. The van der Waals surface area contributed by atoms with E-state index in [0.29, 0.717) is 28.3 Å². The Morgan fingerprint density at radius 1 is 1.12 bits per heavy atom. The fourth-order valence-corrected chi connectivity index (χ4v) is 4.19. The van der Waals surface area contributed by atoms with Crippen molar-refractivity contribution in [3.63, 3.8) is 0 Å². The van der Waals surface area contributed by atoms with Crippen molar-refractivity contribution < 1.29 is 21.9 Å². The summed E-state index contributed by atoms with van der Waals surface area (Å²) >= 11 is 0. The van der Waals surface area contributed by atoms with E-state index in [9.17, 15) is 22.0 Å². The van der Waals surface area contributed by atoms with Gasteiger partial charge in [-0.3, -0.25) is 9.79 Å². The molecule has 0 saturated carbocycles. The molecule has 0 radical (unpaired) electrons. The Balaban J connectivity index is 2.31. The third kappa shape index (κ3) is 4.93. The van der Waals surface area contributed by atoms with Crippen molar-refractivity contribution in [2.24, 2.45) is 12.0 Å². The molecule has 172 valence electrons. The lowest BCUT2D eigenvalue weighted by Gasteiger charge is -2.17. The first-order valence-electron chi connectivity index (χ1n) is 9.91. The molecule has 0 saturated heterocycles. The number of hydrogen-bond donors (Lipinski definition) is 0. The van der Waals surface area contributed by atoms with Gasteiger partial charge in [-0.15, -0.1) is 0 Å². The topological polar surface area (TPSA) is 77.7 Å². The van der Waals surface area contributed by atoms with Crippen LogP contribution in [-0.2, 0) is 16.9 Å². The van der Waals surface area contributed by atoms with E-state index in [1.807, 2.05) is 0 Å². The molecule has 0 amide bonds. The summed E-state index contributed by atoms with van der Waals surface area (Å²) < 4.78 is 59.7. The van der Waals surface area contributed by atoms with Crippen molar-refractivity contribution in [3.05, 3.63) is 81.9 Å². The van der Waals surface area contributed by atoms with Crippen molar-refractivity contribution in [2.75, 3.05) is 5.75 Å². The highest BCUT2D eigenvalue weighted by molar-refractivity contribution is 7.91. The zero-order valence-electron chi connectivity index (χ0n) is 18.3. The van der Waals surface area contributed by atoms with Crippen molar-refractivity contribution in [1.82, 2.24) is 4.57 Å². The number of rotatable bonds is 7. The number of aromatic nitrogens is 1. The van der Waals surface area contributed by atoms with Gasteiger partial charge < -0.3 is 9.30 Å². The second-order valence-electron chi connectivity index (χ2n) is 7.23. The van der Waals surface area contributed by atoms with Gasteiger partial charge in [-0.2, -0.15) is 0 Å². The first-order valence-corrected chi connectivity index (χ1v) is 11.6. The zero-order valence-corrected chi connectivity index (χ0v) is 19.1. The van der Waals surface area contributed by atoms with Gasteiger partial charge >= 0.3 is 0 Å². The van der Waals surface area contributed by atoms with Crippen LogP contribution >= 0.6 is 0 Å². The van der Waals surface area contributed by atoms with Gasteiger partial charge in [0, 0.05) is 42.2 Å². The molecule has 0 unspecified atom stereocenters. The van der Waals surface area contributed by atoms with E-state index in [0.717, 1.165) is 12.1 Å². The van der Waals surface area contributed by atoms with E-state index >= 15 is 0 Å². The van der Waals surface area contributed by atoms with Crippen LogP contribution in [0.5, 0.6) is 11.5 Å². The van der Waals surface area contributed by atoms with Crippen molar-refractivity contribution >= 4 is 22.6 Å². The molecule has 0 N–H and O–H groups in total. The Kier molecular flexibility index (Phi) is 6.92. The summed E-state index contributed by atoms with van der Waals surface area (Å²) in [7, 11) is -2.02. The van der Waals surface area contributed by atoms with Crippen LogP contribution in [0.3, 0.4) is 0 Å². The summed E-state index contributed by atoms with van der Waals surface area (Å²) in [5, 5.41) is 0. The van der Waals surface area contributed by atoms with Gasteiger partial charge in [-0.25, -0.2) is 17.2 Å². The average molecular weight is 473 g/mol. The number of aliphatic imine (C=N–C) groups is 1. The molecule has 0 aliphatic rings. The predicted octanol–water partition coefficient (Wildman–Crippen LogP) is 4.90. The third-order valence-electron chi connectivity index (χ3n) is 5.12. The van der Waals surface area contributed by atoms with Crippen LogP contribution in [0.4, 0.5) is 8.78 Å². The average Bonchev–Trinajstić information content (AvgIpc) is 2.78. The number of benzene rings is 2. The minimum atomic E-state index is -3.57. The molecule has 0 spiro atoms. The lowest BCUT2D eigenvalue weighted by Crippen LogP contribution is -2.20. The highest BCUT2D eigenvalue weighted by atomic mass is 32.2. The molecule has 2 aromatic carbocycles. The van der Waals surface area contributed by atoms with Crippen LogP contribution in [-0.4, -0.2) is 25.5 Å². The van der Waals surface area contributed by atoms with E-state index in [4.69, 9.17) is 4.74 Å². The number of aryl methyl sites for hydroxylation is 1. The van der Waals surface area contributed by atoms with E-state index in [2.05, 4.69) is 11.7 Å². The summed E-state index contributed by atoms with van der Waals surface area (Å²) in [5.74, 6) is -1.89. The zero-order chi connectivity index (χ0) is 24.3. The number of sulfone groups is 1. The number of halogens is 2. The molecule has 3 rings (SSSR count). The van der Waals surface area contributed by atoms with Gasteiger partial charge in [0.25, 0.3) is 5.56 Å². The Morgan fingerprint density at radius 2 is 1.82 bits per heavy atom. The van der Waals surface area contributed by atoms with Gasteiger partial charge in [-0.05, 0) is 55.6 Å². The number of pyridine rings is 1. The molecule has 1 heterocycles. The minimum absolute atomic E-state index is 0.0463. The van der Waals surface area contributed by atoms with Crippen LogP contribution in [0.25, 0.3) is 17.2 Å². The summed E-state index contributed by atoms with van der Waals surface area (Å²) in [5.41, 5.74) is 1.38. The third-order valence-corrected chi connectivity index (χ3v) is 6.85. The first kappa shape index (κ1) is 24.1. The SMILES string of the molecule is C=N/C=C\c1c(C)c(-c2cc(S(=O)(=O)CC)ccc2Oc2ccc(F)cc2F)cn(C)c1=O. The fraction of sp³-hybridized carbons (Fsp3) is 0.167. The summed E-state index contributed by atoms with van der Waals surface area (Å²) in [4.78, 5) is 16.3. The number of nitrogens with zero attached hydrogens (tertiary/aromatic N) is 2. The summed E-state index contributed by atoms with van der Waals surface area (Å²) in [6.07, 6.45) is 4.42. The Bertz CT molecular complexity index is 1430. The van der Waals surface area contributed by atoms with Gasteiger partial charge in [0.15, 0.2) is 21.4 Å². The van der Waals surface area contributed by atoms with Gasteiger partial charge in [0.05, 0.1) is 10.6 Å². The van der Waals surface area contributed by atoms with E-state index in [1.165, 1.54) is 42.0 Å². The highest BCUT2D eigenvalue weighted by Gasteiger charge is 2.20. The van der Waals surface area contributed by atoms with Crippen LogP contribution in [0.1, 0.15) is 18.1 Å². The second-order valence-corrected chi connectivity index (χ2v) is 9.51. The minimum Gasteiger partial charge on any atom is -0.454 e. The molecular formula is C24H22F2N2O4S. The highest BCUT2D eigenvalue weighted by Crippen LogP contribution is 2.38. The smallest absolute Gasteiger partial charge is 0.257 e. The largest absolute Gasteiger partial charge is 0.454 e. The van der Waals surface area contributed by atoms with Crippen LogP contribution in [0.15, 0.2) is 63.5 Å². The fourth-order valence-electron chi connectivity index (χ4n) is 3.28. The van der Waals surface area contributed by atoms with E-state index in [-0.39, 0.29) is 27.7 Å². The molecule has 6 nitrogen and oxygen atoms in total. The van der Waals surface area contributed by atoms with Crippen molar-refractivity contribution in [1.29, 1.82) is 0 Å². The van der Waals surface area contributed by atoms with Gasteiger partial charge in [0.1, 0.15) is 11.6 Å². The molecular weight excluding hydrogens is 450 g/mol. The lowest BCUT2D eigenvalue weighted by molar-refractivity contribution is 0.438. The van der Waals surface area contributed by atoms with E-state index < -0.39 is 21.5 Å². The van der Waals surface area contributed by atoms with Crippen molar-refractivity contribution in [2.45, 2.75) is 18.7 Å². The number of hydrogen-bond acceptors (Lipinski definition) is 5. The quantitative estimate of drug-likeness (QED) is 0.459. The maximum Gasteiger partial charge on any atom is 0.257 e. The molecule has 33 heavy (non-hydrogen) atoms. The first-order chi connectivity index (χ1) is 15.6. The standard InChI is InChI=1S/C24H22F2N2O4S/c1-5-33(30,31)17-7-9-22(32-23-8-6-16(25)12-21(23)26)19(13-17)20-14-28(4)24(29)18(15(20)2)10-11-27-3/h6-14H,3,5H2,1-2,4H3/b11-10-. The van der Waals surface area contributed by atoms with Crippen molar-refractivity contribution in [3.8, 4) is 22.6 Å². The summed E-state index contributed by atoms with van der Waals surface area (Å²) in [6, 6.07) is 7.07. The van der Waals surface area contributed by atoms with Gasteiger partial charge in [0.2, 0.25) is 0 Å². The summed E-state index contributed by atoms with van der Waals surface area (Å²) in [6.45, 7) is 6.59. The van der Waals surface area contributed by atoms with Crippen LogP contribution in [0.2, 0.25) is 0 Å². The predicted molar refractivity (Wildman–Crippen MR) is 125 cm³/mol. The Morgan fingerprint density at radius 3 is 2.45 bits per heavy atom. The molecule has 0 aliphatic heterocycles. The monoisotopic (exact) mass is 472 g/mol. The Labute approximate surface area is 190 Å². The van der Waals surface area contributed by atoms with Gasteiger partial charge in [-0.1, -0.05) is 6.92 Å². The van der Waals surface area contributed by atoms with Crippen LogP contribution in [0, 0.1) is 18.6 Å². The van der Waals surface area contributed by atoms with Crippen LogP contribution < -0.4 is 10.3 Å². The molecule has 3 aromatic rings. The maximum atomic E-state index is 14.3. The number of ether oxygens (including phenoxy) is 1. The molecule has 9 heteroatoms. The maximum absolute atomic E-state index is 14.3. The molecule has 0 atom stereocenters.